The van der Waals surface area contributed by atoms with Crippen molar-refractivity contribution in [1.82, 2.24) is 14.7 Å². The van der Waals surface area contributed by atoms with Gasteiger partial charge in [0, 0.05) is 38.9 Å². The Morgan fingerprint density at radius 2 is 2.10 bits per heavy atom. The number of fused-ring (bicyclic) bond motifs is 1. The maximum Gasteiger partial charge on any atom is 0.334 e. The van der Waals surface area contributed by atoms with Gasteiger partial charge in [0.25, 0.3) is 0 Å². The fraction of sp³-hybridized carbons (Fsp3) is 0.650. The number of aliphatic hydroxyl groups is 1. The van der Waals surface area contributed by atoms with E-state index in [0.29, 0.717) is 31.0 Å². The highest BCUT2D eigenvalue weighted by Crippen LogP contribution is 2.50. The molecule has 9 heteroatoms. The van der Waals surface area contributed by atoms with E-state index in [-0.39, 0.29) is 41.1 Å². The van der Waals surface area contributed by atoms with Gasteiger partial charge in [0.05, 0.1) is 34.7 Å². The first-order valence-electron chi connectivity index (χ1n) is 9.91. The number of aliphatic carboxylic acids is 1. The summed E-state index contributed by atoms with van der Waals surface area (Å²) in [5, 5.41) is 20.3. The summed E-state index contributed by atoms with van der Waals surface area (Å²) in [6.07, 6.45) is 2.30. The van der Waals surface area contributed by atoms with Gasteiger partial charge in [-0.1, -0.05) is 13.0 Å². The van der Waals surface area contributed by atoms with Crippen molar-refractivity contribution in [3.05, 3.63) is 23.3 Å². The van der Waals surface area contributed by atoms with Gasteiger partial charge < -0.3 is 20.0 Å². The number of hydrogen-bond acceptors (Lipinski definition) is 6. The molecule has 3 aliphatic heterocycles. The molecule has 8 nitrogen and oxygen atoms in total. The van der Waals surface area contributed by atoms with Crippen LogP contribution in [0.15, 0.2) is 23.3 Å². The molecule has 0 unspecified atom stereocenters. The Morgan fingerprint density at radius 3 is 2.66 bits per heavy atom. The van der Waals surface area contributed by atoms with Gasteiger partial charge in [0.1, 0.15) is 0 Å². The lowest BCUT2D eigenvalue weighted by Gasteiger charge is -2.46. The van der Waals surface area contributed by atoms with E-state index in [0.717, 1.165) is 0 Å². The van der Waals surface area contributed by atoms with Crippen LogP contribution in [0.25, 0.3) is 0 Å². The highest BCUT2D eigenvalue weighted by Gasteiger charge is 2.57. The van der Waals surface area contributed by atoms with Gasteiger partial charge in [0.15, 0.2) is 0 Å². The van der Waals surface area contributed by atoms with Crippen LogP contribution in [0.1, 0.15) is 26.2 Å². The summed E-state index contributed by atoms with van der Waals surface area (Å²) in [7, 11) is 3.44. The Labute approximate surface area is 175 Å². The van der Waals surface area contributed by atoms with E-state index in [1.54, 1.807) is 30.0 Å². The average molecular weight is 424 g/mol. The number of likely N-dealkylation sites (tertiary alicyclic amines) is 1. The number of nitrogens with zero attached hydrogens (tertiary/aromatic N) is 3. The molecule has 0 saturated carbocycles. The van der Waals surface area contributed by atoms with E-state index >= 15 is 0 Å². The minimum Gasteiger partial charge on any atom is -0.478 e. The van der Waals surface area contributed by atoms with E-state index in [1.165, 1.54) is 11.8 Å². The van der Waals surface area contributed by atoms with Crippen molar-refractivity contribution in [3.63, 3.8) is 0 Å². The molecule has 2 saturated heterocycles. The van der Waals surface area contributed by atoms with Crippen LogP contribution in [0, 0.1) is 5.92 Å². The van der Waals surface area contributed by atoms with Crippen LogP contribution < -0.4 is 0 Å². The van der Waals surface area contributed by atoms with Crippen molar-refractivity contribution < 1.29 is 24.6 Å². The molecule has 3 aliphatic rings. The number of thioether (sulfide) groups is 1. The van der Waals surface area contributed by atoms with E-state index in [9.17, 15) is 24.6 Å². The van der Waals surface area contributed by atoms with Crippen LogP contribution in [0.2, 0.25) is 0 Å². The van der Waals surface area contributed by atoms with Crippen molar-refractivity contribution in [1.29, 1.82) is 0 Å². The summed E-state index contributed by atoms with van der Waals surface area (Å²) in [5.41, 5.74) is 0.233. The number of carbonyl (C=O) groups excluding carboxylic acids is 2. The zero-order valence-corrected chi connectivity index (χ0v) is 17.9. The number of β-lactam (4-membered cyclic amide) rings is 1. The summed E-state index contributed by atoms with van der Waals surface area (Å²) >= 11 is 1.38. The van der Waals surface area contributed by atoms with E-state index in [4.69, 9.17) is 0 Å². The van der Waals surface area contributed by atoms with Crippen LogP contribution in [0.4, 0.5) is 0 Å². The lowest BCUT2D eigenvalue weighted by Crippen LogP contribution is -2.61. The number of carbonyl (C=O) groups is 3. The van der Waals surface area contributed by atoms with E-state index in [2.05, 4.69) is 6.58 Å². The van der Waals surface area contributed by atoms with Crippen molar-refractivity contribution in [3.8, 4) is 0 Å². The second-order valence-corrected chi connectivity index (χ2v) is 9.33. The third-order valence-corrected chi connectivity index (χ3v) is 7.32. The number of likely N-dealkylation sites (N-methyl/N-ethyl adjacent to an activating group) is 1. The van der Waals surface area contributed by atoms with Gasteiger partial charge in [-0.05, 0) is 12.8 Å². The third kappa shape index (κ3) is 3.83. The SMILES string of the molecule is C=CCN1C[C@@H](SC2=C(C(=O)O)C[C@@H]3[C@H]([C@@H](O)CC)C(=O)N23)C[C@H]1C(=O)N(C)C. The maximum atomic E-state index is 12.7. The molecule has 0 aromatic carbocycles. The summed E-state index contributed by atoms with van der Waals surface area (Å²) in [6.45, 7) is 6.76. The Balaban J connectivity index is 1.78. The highest BCUT2D eigenvalue weighted by molar-refractivity contribution is 8.03. The Kier molecular flexibility index (Phi) is 6.40. The predicted molar refractivity (Wildman–Crippen MR) is 110 cm³/mol. The molecule has 2 amide bonds. The second kappa shape index (κ2) is 8.49. The largest absolute Gasteiger partial charge is 0.478 e. The van der Waals surface area contributed by atoms with Gasteiger partial charge in [-0.25, -0.2) is 4.79 Å². The average Bonchev–Trinajstić information content (AvgIpc) is 3.20. The Bertz CT molecular complexity index is 752. The molecule has 160 valence electrons. The minimum absolute atomic E-state index is 0.00472. The number of carboxylic acid groups (broad SMARTS) is 1. The second-order valence-electron chi connectivity index (χ2n) is 8.04. The van der Waals surface area contributed by atoms with Crippen molar-refractivity contribution >= 4 is 29.5 Å². The van der Waals surface area contributed by atoms with Gasteiger partial charge in [-0.3, -0.25) is 14.5 Å². The minimum atomic E-state index is -1.03. The van der Waals surface area contributed by atoms with Crippen LogP contribution >= 0.6 is 11.8 Å². The molecule has 0 spiro atoms. The topological polar surface area (TPSA) is 101 Å². The molecule has 2 fully saturated rings. The normalized spacial score (nSPS) is 30.2. The zero-order chi connectivity index (χ0) is 21.5. The fourth-order valence-electron chi connectivity index (χ4n) is 4.49. The molecule has 0 aromatic heterocycles. The number of carboxylic acids is 1. The number of rotatable bonds is 8. The van der Waals surface area contributed by atoms with Crippen LogP contribution in [0.3, 0.4) is 0 Å². The quantitative estimate of drug-likeness (QED) is 0.438. The summed E-state index contributed by atoms with van der Waals surface area (Å²) in [5.74, 6) is -1.75. The predicted octanol–water partition coefficient (Wildman–Crippen LogP) is 0.735. The molecular weight excluding hydrogens is 394 g/mol. The van der Waals surface area contributed by atoms with Crippen LogP contribution in [-0.2, 0) is 14.4 Å². The monoisotopic (exact) mass is 423 g/mol. The van der Waals surface area contributed by atoms with Gasteiger partial charge in [-0.15, -0.1) is 18.3 Å². The number of aliphatic hydroxyl groups excluding tert-OH is 1. The van der Waals surface area contributed by atoms with Gasteiger partial charge >= 0.3 is 5.97 Å². The molecule has 3 heterocycles. The summed E-state index contributed by atoms with van der Waals surface area (Å²) in [6, 6.07) is -0.565. The molecule has 0 aliphatic carbocycles. The third-order valence-electron chi connectivity index (χ3n) is 5.98. The smallest absolute Gasteiger partial charge is 0.334 e. The van der Waals surface area contributed by atoms with Crippen molar-refractivity contribution in [2.24, 2.45) is 5.92 Å². The molecule has 29 heavy (non-hydrogen) atoms. The van der Waals surface area contributed by atoms with Crippen molar-refractivity contribution in [2.45, 2.75) is 49.6 Å². The molecule has 5 atom stereocenters. The molecule has 3 rings (SSSR count). The summed E-state index contributed by atoms with van der Waals surface area (Å²) < 4.78 is 0. The molecule has 0 radical (unpaired) electrons. The summed E-state index contributed by atoms with van der Waals surface area (Å²) in [4.78, 5) is 42.2. The highest BCUT2D eigenvalue weighted by atomic mass is 32.2. The molecule has 2 N–H and O–H groups in total. The lowest BCUT2D eigenvalue weighted by molar-refractivity contribution is -0.157. The Morgan fingerprint density at radius 1 is 1.41 bits per heavy atom. The first-order chi connectivity index (χ1) is 13.7. The fourth-order valence-corrected chi connectivity index (χ4v) is 6.00. The van der Waals surface area contributed by atoms with Gasteiger partial charge in [0.2, 0.25) is 11.8 Å². The molecule has 0 aromatic rings. The molecular formula is C20H29N3O5S. The first kappa shape index (κ1) is 21.9. The Hall–Kier alpha value is -1.84. The number of amides is 2. The van der Waals surface area contributed by atoms with E-state index in [1.807, 2.05) is 11.8 Å². The van der Waals surface area contributed by atoms with Crippen LogP contribution in [-0.4, -0.2) is 93.3 Å². The number of hydrogen-bond donors (Lipinski definition) is 2. The zero-order valence-electron chi connectivity index (χ0n) is 17.1. The van der Waals surface area contributed by atoms with Crippen molar-refractivity contribution in [2.75, 3.05) is 27.2 Å². The maximum absolute atomic E-state index is 12.7. The first-order valence-corrected chi connectivity index (χ1v) is 10.8. The lowest BCUT2D eigenvalue weighted by atomic mass is 9.81. The van der Waals surface area contributed by atoms with Crippen LogP contribution in [0.5, 0.6) is 0 Å². The van der Waals surface area contributed by atoms with E-state index < -0.39 is 18.0 Å². The molecule has 0 bridgehead atoms. The standard InChI is InChI=1S/C20H29N3O5S/c1-5-7-22-10-11(8-14(22)17(25)21(3)4)29-19-12(20(27)28)9-13-16(15(24)6-2)18(26)23(13)19/h5,11,13-16,24H,1,6-10H2,2-4H3,(H,27,28)/t11-,13+,14-,15-,16+/m0/s1. The van der Waals surface area contributed by atoms with Gasteiger partial charge in [-0.2, -0.15) is 0 Å².